The third-order valence-corrected chi connectivity index (χ3v) is 3.07. The van der Waals surface area contributed by atoms with Gasteiger partial charge >= 0.3 is 0 Å². The Balaban J connectivity index is 2.15. The fourth-order valence-corrected chi connectivity index (χ4v) is 2.04. The summed E-state index contributed by atoms with van der Waals surface area (Å²) in [5.74, 6) is 0.462. The zero-order valence-corrected chi connectivity index (χ0v) is 10.8. The van der Waals surface area contributed by atoms with Gasteiger partial charge in [-0.15, -0.1) is 0 Å². The molecule has 2 rings (SSSR count). The molecule has 8 heteroatoms. The van der Waals surface area contributed by atoms with Gasteiger partial charge in [0.15, 0.2) is 12.0 Å². The van der Waals surface area contributed by atoms with Crippen LogP contribution in [0.25, 0.3) is 0 Å². The molecular formula is C11H13ClN4O3. The van der Waals surface area contributed by atoms with E-state index in [4.69, 9.17) is 11.6 Å². The summed E-state index contributed by atoms with van der Waals surface area (Å²) in [6.45, 7) is 1.83. The van der Waals surface area contributed by atoms with Gasteiger partial charge in [0.1, 0.15) is 0 Å². The Bertz CT molecular complexity index is 521. The summed E-state index contributed by atoms with van der Waals surface area (Å²) in [4.78, 5) is 11.9. The summed E-state index contributed by atoms with van der Waals surface area (Å²) in [6.07, 6.45) is 3.21. The van der Waals surface area contributed by atoms with E-state index in [0.717, 1.165) is 18.2 Å². The van der Waals surface area contributed by atoms with Crippen molar-refractivity contribution >= 4 is 11.6 Å². The second-order valence-electron chi connectivity index (χ2n) is 4.19. The van der Waals surface area contributed by atoms with E-state index in [1.165, 1.54) is 12.3 Å². The van der Waals surface area contributed by atoms with Crippen LogP contribution >= 0.6 is 11.6 Å². The van der Waals surface area contributed by atoms with E-state index in [1.807, 2.05) is 4.90 Å². The molecule has 0 bridgehead atoms. The molecule has 0 aliphatic carbocycles. The maximum atomic E-state index is 11.4. The number of halogens is 1. The lowest BCUT2D eigenvalue weighted by Gasteiger charge is -2.30. The molecule has 1 fully saturated rings. The summed E-state index contributed by atoms with van der Waals surface area (Å²) in [5, 5.41) is 25.0. The van der Waals surface area contributed by atoms with Crippen LogP contribution in [0, 0.1) is 15.3 Å². The molecule has 1 aromatic heterocycles. The van der Waals surface area contributed by atoms with Crippen LogP contribution in [-0.4, -0.2) is 22.9 Å². The van der Waals surface area contributed by atoms with Crippen molar-refractivity contribution in [2.75, 3.05) is 13.1 Å². The molecule has 0 amide bonds. The van der Waals surface area contributed by atoms with Crippen LogP contribution < -0.4 is 10.0 Å². The van der Waals surface area contributed by atoms with E-state index < -0.39 is 4.92 Å². The van der Waals surface area contributed by atoms with Gasteiger partial charge in [-0.2, -0.15) is 4.73 Å². The number of hydrogen-bond acceptors (Lipinski definition) is 5. The normalized spacial score (nSPS) is 17.3. The summed E-state index contributed by atoms with van der Waals surface area (Å²) in [5.41, 5.74) is 0.748. The van der Waals surface area contributed by atoms with E-state index in [2.05, 4.69) is 5.32 Å². The predicted molar refractivity (Wildman–Crippen MR) is 68.5 cm³/mol. The van der Waals surface area contributed by atoms with Gasteiger partial charge in [-0.05, 0) is 24.1 Å². The second kappa shape index (κ2) is 5.75. The van der Waals surface area contributed by atoms with Crippen molar-refractivity contribution in [2.24, 2.45) is 0 Å². The van der Waals surface area contributed by atoms with E-state index in [1.54, 1.807) is 6.07 Å². The molecule has 1 N–H and O–H groups in total. The molecule has 19 heavy (non-hydrogen) atoms. The molecular weight excluding hydrogens is 272 g/mol. The lowest BCUT2D eigenvalue weighted by Crippen LogP contribution is -2.40. The summed E-state index contributed by atoms with van der Waals surface area (Å²) >= 11 is 5.64. The number of hydrogen-bond donors (Lipinski definition) is 1. The van der Waals surface area contributed by atoms with E-state index in [-0.39, 0.29) is 5.15 Å². The molecule has 0 saturated carbocycles. The Morgan fingerprint density at radius 2 is 2.37 bits per heavy atom. The third-order valence-electron chi connectivity index (χ3n) is 2.78. The first-order valence-electron chi connectivity index (χ1n) is 5.78. The fourth-order valence-electron chi connectivity index (χ4n) is 1.93. The number of aromatic nitrogens is 1. The molecule has 1 aliphatic heterocycles. The quantitative estimate of drug-likeness (QED) is 0.292. The highest BCUT2D eigenvalue weighted by Crippen LogP contribution is 2.13. The highest BCUT2D eigenvalue weighted by atomic mass is 35.5. The fraction of sp³-hybridized carbons (Fsp3) is 0.364. The van der Waals surface area contributed by atoms with Crippen molar-refractivity contribution in [3.63, 3.8) is 0 Å². The van der Waals surface area contributed by atoms with Crippen LogP contribution in [0.15, 0.2) is 30.4 Å². The molecule has 7 nitrogen and oxygen atoms in total. The largest absolute Gasteiger partial charge is 0.618 e. The van der Waals surface area contributed by atoms with Crippen molar-refractivity contribution in [3.8, 4) is 0 Å². The minimum absolute atomic E-state index is 0.0987. The van der Waals surface area contributed by atoms with Gasteiger partial charge in [0.05, 0.1) is 11.5 Å². The average Bonchev–Trinajstić information content (AvgIpc) is 2.36. The molecule has 1 aromatic rings. The Hall–Kier alpha value is -2.02. The van der Waals surface area contributed by atoms with Crippen LogP contribution in [-0.2, 0) is 6.54 Å². The smallest absolute Gasteiger partial charge is 0.286 e. The third kappa shape index (κ3) is 3.47. The lowest BCUT2D eigenvalue weighted by atomic mass is 10.2. The van der Waals surface area contributed by atoms with E-state index >= 15 is 0 Å². The highest BCUT2D eigenvalue weighted by Gasteiger charge is 2.18. The summed E-state index contributed by atoms with van der Waals surface area (Å²) < 4.78 is 0.575. The first-order chi connectivity index (χ1) is 9.06. The SMILES string of the molecule is O=[N+]([O-])/C=C1\NCCCN1Cc1ccc(Cl)[n+]([O-])c1. The summed E-state index contributed by atoms with van der Waals surface area (Å²) in [6, 6.07) is 3.24. The monoisotopic (exact) mass is 284 g/mol. The number of pyridine rings is 1. The van der Waals surface area contributed by atoms with Crippen LogP contribution in [0.2, 0.25) is 5.15 Å². The van der Waals surface area contributed by atoms with Gasteiger partial charge in [0.2, 0.25) is 0 Å². The first-order valence-corrected chi connectivity index (χ1v) is 6.16. The maximum Gasteiger partial charge on any atom is 0.286 e. The Labute approximate surface area is 114 Å². The van der Waals surface area contributed by atoms with Gasteiger partial charge in [-0.25, -0.2) is 0 Å². The zero-order valence-electron chi connectivity index (χ0n) is 10.1. The number of rotatable bonds is 3. The Morgan fingerprint density at radius 1 is 1.58 bits per heavy atom. The zero-order chi connectivity index (χ0) is 13.8. The molecule has 0 spiro atoms. The van der Waals surface area contributed by atoms with Crippen LogP contribution in [0.5, 0.6) is 0 Å². The predicted octanol–water partition coefficient (Wildman–Crippen LogP) is 0.844. The second-order valence-corrected chi connectivity index (χ2v) is 4.57. The van der Waals surface area contributed by atoms with E-state index in [0.29, 0.717) is 30.2 Å². The van der Waals surface area contributed by atoms with Gasteiger partial charge in [-0.3, -0.25) is 10.1 Å². The standard InChI is InChI=1S/C11H13ClN4O3/c12-10-3-2-9(7-15(10)17)6-14-5-1-4-13-11(14)8-16(18)19/h2-3,7-8,13H,1,4-6H2/b11-8+. The number of nitrogens with zero attached hydrogens (tertiary/aromatic N) is 3. The van der Waals surface area contributed by atoms with Crippen LogP contribution in [0.1, 0.15) is 12.0 Å². The highest BCUT2D eigenvalue weighted by molar-refractivity contribution is 6.28. The Kier molecular flexibility index (Phi) is 4.06. The van der Waals surface area contributed by atoms with Crippen molar-refractivity contribution in [2.45, 2.75) is 13.0 Å². The van der Waals surface area contributed by atoms with Crippen molar-refractivity contribution in [3.05, 3.63) is 56.4 Å². The van der Waals surface area contributed by atoms with Gasteiger partial charge in [0, 0.05) is 24.7 Å². The van der Waals surface area contributed by atoms with E-state index in [9.17, 15) is 15.3 Å². The molecule has 0 unspecified atom stereocenters. The van der Waals surface area contributed by atoms with Gasteiger partial charge in [0.25, 0.3) is 11.4 Å². The number of nitrogens with one attached hydrogen (secondary N) is 1. The molecule has 102 valence electrons. The van der Waals surface area contributed by atoms with Crippen molar-refractivity contribution < 1.29 is 9.65 Å². The lowest BCUT2D eigenvalue weighted by molar-refractivity contribution is -0.603. The molecule has 2 heterocycles. The van der Waals surface area contributed by atoms with Gasteiger partial charge < -0.3 is 15.4 Å². The van der Waals surface area contributed by atoms with Crippen molar-refractivity contribution in [1.82, 2.24) is 10.2 Å². The van der Waals surface area contributed by atoms with Gasteiger partial charge in [-0.1, -0.05) is 0 Å². The topological polar surface area (TPSA) is 85.4 Å². The molecule has 0 aromatic carbocycles. The number of nitro groups is 1. The molecule has 1 saturated heterocycles. The molecule has 0 radical (unpaired) electrons. The van der Waals surface area contributed by atoms with Crippen LogP contribution in [0.3, 0.4) is 0 Å². The molecule has 0 atom stereocenters. The average molecular weight is 285 g/mol. The first kappa shape index (κ1) is 13.4. The molecule has 1 aliphatic rings. The Morgan fingerprint density at radius 3 is 3.05 bits per heavy atom. The van der Waals surface area contributed by atoms with Crippen LogP contribution in [0.4, 0.5) is 0 Å². The minimum atomic E-state index is -0.490. The maximum absolute atomic E-state index is 11.4. The minimum Gasteiger partial charge on any atom is -0.618 e. The summed E-state index contributed by atoms with van der Waals surface area (Å²) in [7, 11) is 0. The van der Waals surface area contributed by atoms with Crippen molar-refractivity contribution in [1.29, 1.82) is 0 Å².